The molecule has 0 bridgehead atoms. The number of hydrogen-bond acceptors (Lipinski definition) is 7. The van der Waals surface area contributed by atoms with E-state index in [0.717, 1.165) is 74.1 Å². The van der Waals surface area contributed by atoms with Crippen LogP contribution in [0.1, 0.15) is 40.7 Å². The summed E-state index contributed by atoms with van der Waals surface area (Å²) in [6.45, 7) is 11.4. The van der Waals surface area contributed by atoms with Crippen molar-refractivity contribution in [3.63, 3.8) is 0 Å². The normalized spacial score (nSPS) is 20.3. The summed E-state index contributed by atoms with van der Waals surface area (Å²) in [6.07, 6.45) is 7.60. The summed E-state index contributed by atoms with van der Waals surface area (Å²) < 4.78 is 0. The van der Waals surface area contributed by atoms with Crippen molar-refractivity contribution in [2.45, 2.75) is 26.2 Å². The maximum atomic E-state index is 13.9. The topological polar surface area (TPSA) is 65.6 Å². The van der Waals surface area contributed by atoms with Gasteiger partial charge in [-0.05, 0) is 74.3 Å². The molecule has 1 N–H and O–H groups in total. The van der Waals surface area contributed by atoms with Gasteiger partial charge in [0.1, 0.15) is 5.82 Å². The molecule has 2 saturated heterocycles. The van der Waals surface area contributed by atoms with Crippen LogP contribution in [0.4, 0.5) is 11.4 Å². The molecule has 43 heavy (non-hydrogen) atoms. The van der Waals surface area contributed by atoms with Crippen molar-refractivity contribution in [3.05, 3.63) is 76.6 Å². The van der Waals surface area contributed by atoms with Gasteiger partial charge >= 0.3 is 0 Å². The van der Waals surface area contributed by atoms with Crippen LogP contribution in [0.3, 0.4) is 0 Å². The maximum Gasteiger partial charge on any atom is 0.258 e. The summed E-state index contributed by atoms with van der Waals surface area (Å²) in [7, 11) is 4.08. The fourth-order valence-electron chi connectivity index (χ4n) is 6.63. The quantitative estimate of drug-likeness (QED) is 0.521. The third-order valence-corrected chi connectivity index (χ3v) is 9.42. The number of para-hydroxylation sites is 2. The monoisotopic (exact) mass is 583 g/mol. The molecule has 6 rings (SSSR count). The first-order valence-electron chi connectivity index (χ1n) is 15.7. The van der Waals surface area contributed by atoms with Crippen LogP contribution in [0.5, 0.6) is 0 Å². The minimum Gasteiger partial charge on any atom is -0.339 e. The summed E-state index contributed by atoms with van der Waals surface area (Å²) in [5.74, 6) is 1.05. The Hall–Kier alpha value is -3.66. The molecular formula is C34H45N7O2. The molecule has 9 heteroatoms. The van der Waals surface area contributed by atoms with Crippen LogP contribution >= 0.6 is 0 Å². The third-order valence-electron chi connectivity index (χ3n) is 9.42. The fraction of sp³-hybridized carbons (Fsp3) is 0.471. The number of fused-ring (bicyclic) bond motifs is 1. The number of piperidine rings is 1. The van der Waals surface area contributed by atoms with Crippen LogP contribution < -0.4 is 10.2 Å². The van der Waals surface area contributed by atoms with Crippen LogP contribution in [0.2, 0.25) is 0 Å². The number of benzene rings is 2. The van der Waals surface area contributed by atoms with Crippen LogP contribution in [0.15, 0.2) is 59.9 Å². The molecule has 4 aliphatic heterocycles. The van der Waals surface area contributed by atoms with E-state index in [2.05, 4.69) is 25.1 Å². The van der Waals surface area contributed by atoms with E-state index in [1.807, 2.05) is 79.4 Å². The average Bonchev–Trinajstić information content (AvgIpc) is 3.19. The molecule has 0 spiro atoms. The molecule has 9 nitrogen and oxygen atoms in total. The van der Waals surface area contributed by atoms with Gasteiger partial charge in [0.2, 0.25) is 5.91 Å². The number of aryl methyl sites for hydroxylation is 1. The van der Waals surface area contributed by atoms with Crippen molar-refractivity contribution in [2.75, 3.05) is 89.8 Å². The Morgan fingerprint density at radius 3 is 2.33 bits per heavy atom. The molecule has 2 amide bonds. The van der Waals surface area contributed by atoms with Gasteiger partial charge in [0.15, 0.2) is 0 Å². The van der Waals surface area contributed by atoms with Crippen LogP contribution in [0, 0.1) is 6.92 Å². The summed E-state index contributed by atoms with van der Waals surface area (Å²) >= 11 is 0. The number of nitrogens with one attached hydrogen (secondary N) is 1. The second kappa shape index (κ2) is 12.9. The first-order valence-corrected chi connectivity index (χ1v) is 15.7. The molecule has 2 fully saturated rings. The van der Waals surface area contributed by atoms with E-state index in [4.69, 9.17) is 0 Å². The number of anilines is 2. The molecule has 0 radical (unpaired) electrons. The Morgan fingerprint density at radius 2 is 1.58 bits per heavy atom. The highest BCUT2D eigenvalue weighted by atomic mass is 16.2. The minimum atomic E-state index is -0.0342. The van der Waals surface area contributed by atoms with Gasteiger partial charge in [0.05, 0.1) is 17.9 Å². The Bertz CT molecular complexity index is 1410. The van der Waals surface area contributed by atoms with Crippen molar-refractivity contribution in [2.24, 2.45) is 0 Å². The van der Waals surface area contributed by atoms with Crippen LogP contribution in [-0.2, 0) is 4.79 Å². The minimum absolute atomic E-state index is 0.0342. The third kappa shape index (κ3) is 6.49. The Balaban J connectivity index is 1.08. The average molecular weight is 584 g/mol. The van der Waals surface area contributed by atoms with Crippen LogP contribution in [0.25, 0.3) is 6.08 Å². The summed E-state index contributed by atoms with van der Waals surface area (Å²) in [6, 6.07) is 13.7. The number of likely N-dealkylation sites (N-methyl/N-ethyl adjacent to an activating group) is 1. The number of piperazine rings is 1. The Kier molecular flexibility index (Phi) is 8.83. The van der Waals surface area contributed by atoms with Crippen molar-refractivity contribution >= 4 is 29.3 Å². The summed E-state index contributed by atoms with van der Waals surface area (Å²) in [5.41, 5.74) is 5.52. The molecular weight excluding hydrogens is 538 g/mol. The lowest BCUT2D eigenvalue weighted by Gasteiger charge is -2.36. The van der Waals surface area contributed by atoms with Gasteiger partial charge in [-0.3, -0.25) is 19.5 Å². The number of carbonyl (C=O) groups is 2. The molecule has 2 aromatic rings. The number of hydrazine groups is 1. The van der Waals surface area contributed by atoms with Gasteiger partial charge in [-0.2, -0.15) is 0 Å². The zero-order valence-corrected chi connectivity index (χ0v) is 25.9. The van der Waals surface area contributed by atoms with E-state index in [-0.39, 0.29) is 11.8 Å². The number of rotatable bonds is 6. The molecule has 4 aliphatic rings. The molecule has 0 aliphatic carbocycles. The van der Waals surface area contributed by atoms with E-state index in [1.54, 1.807) is 6.08 Å². The van der Waals surface area contributed by atoms with Crippen molar-refractivity contribution in [1.29, 1.82) is 0 Å². The van der Waals surface area contributed by atoms with Gasteiger partial charge in [0.25, 0.3) is 5.91 Å². The van der Waals surface area contributed by atoms with Crippen LogP contribution in [-0.4, -0.2) is 116 Å². The number of carbonyl (C=O) groups excluding carboxylic acids is 2. The second-order valence-corrected chi connectivity index (χ2v) is 12.3. The van der Waals surface area contributed by atoms with Gasteiger partial charge in [-0.25, -0.2) is 5.01 Å². The van der Waals surface area contributed by atoms with Crippen molar-refractivity contribution in [1.82, 2.24) is 24.7 Å². The van der Waals surface area contributed by atoms with Gasteiger partial charge in [0, 0.05) is 77.1 Å². The number of amides is 2. The molecule has 0 saturated carbocycles. The first kappa shape index (κ1) is 29.4. The lowest BCUT2D eigenvalue weighted by Crippen LogP contribution is -2.50. The Morgan fingerprint density at radius 1 is 0.860 bits per heavy atom. The lowest BCUT2D eigenvalue weighted by atomic mass is 10.0. The highest BCUT2D eigenvalue weighted by Gasteiger charge is 2.32. The predicted molar refractivity (Wildman–Crippen MR) is 173 cm³/mol. The highest BCUT2D eigenvalue weighted by molar-refractivity contribution is 6.08. The van der Waals surface area contributed by atoms with E-state index in [1.165, 1.54) is 37.9 Å². The molecule has 228 valence electrons. The first-order chi connectivity index (χ1) is 20.9. The van der Waals surface area contributed by atoms with Gasteiger partial charge < -0.3 is 20.0 Å². The molecule has 0 atom stereocenters. The van der Waals surface area contributed by atoms with Crippen molar-refractivity contribution in [3.8, 4) is 0 Å². The van der Waals surface area contributed by atoms with E-state index < -0.39 is 0 Å². The molecule has 4 heterocycles. The zero-order chi connectivity index (χ0) is 29.9. The number of nitrogens with zero attached hydrogens (tertiary/aromatic N) is 6. The fourth-order valence-corrected chi connectivity index (χ4v) is 6.63. The van der Waals surface area contributed by atoms with E-state index >= 15 is 0 Å². The molecule has 0 unspecified atom stereocenters. The smallest absolute Gasteiger partial charge is 0.258 e. The highest BCUT2D eigenvalue weighted by Crippen LogP contribution is 2.35. The zero-order valence-electron chi connectivity index (χ0n) is 25.9. The number of hydrogen-bond donors (Lipinski definition) is 1. The van der Waals surface area contributed by atoms with Gasteiger partial charge in [-0.1, -0.05) is 24.6 Å². The standard InChI is InChI=1S/C34H45N7O2/c1-26-23-28(34(43)41-25-29-24-36(2)37(3)33(29)35-30-9-5-6-10-31(30)41)12-11-27(26)13-14-32(42)40-21-19-39(20-22-40)18-17-38-15-7-4-8-16-38/h5-6,9-14,23,35H,4,7-8,15-22,24-25H2,1-3H3/b14-13+. The Labute approximate surface area is 256 Å². The van der Waals surface area contributed by atoms with Crippen molar-refractivity contribution < 1.29 is 9.59 Å². The molecule has 0 aromatic heterocycles. The predicted octanol–water partition coefficient (Wildman–Crippen LogP) is 3.71. The summed E-state index contributed by atoms with van der Waals surface area (Å²) in [5, 5.41) is 7.79. The SMILES string of the molecule is Cc1cc(C(=O)N2CC3=C(Nc4ccccc42)N(C)N(C)C3)ccc1/C=C/C(=O)N1CCN(CCN2CCCCC2)CC1. The maximum absolute atomic E-state index is 13.9. The largest absolute Gasteiger partial charge is 0.339 e. The lowest BCUT2D eigenvalue weighted by molar-refractivity contribution is -0.127. The van der Waals surface area contributed by atoms with E-state index in [9.17, 15) is 9.59 Å². The summed E-state index contributed by atoms with van der Waals surface area (Å²) in [4.78, 5) is 35.8. The number of likely N-dealkylation sites (tertiary alicyclic amines) is 1. The second-order valence-electron chi connectivity index (χ2n) is 12.3. The van der Waals surface area contributed by atoms with E-state index in [0.29, 0.717) is 12.1 Å². The van der Waals surface area contributed by atoms with Gasteiger partial charge in [-0.15, -0.1) is 0 Å². The molecule has 2 aromatic carbocycles.